The molecule has 0 radical (unpaired) electrons. The number of hydrogen-bond acceptors (Lipinski definition) is 2. The lowest BCUT2D eigenvalue weighted by molar-refractivity contribution is 0.0783. The van der Waals surface area contributed by atoms with Gasteiger partial charge in [-0.25, -0.2) is 0 Å². The molecular weight excluding hydrogens is 334 g/mol. The quantitative estimate of drug-likeness (QED) is 0.607. The Morgan fingerprint density at radius 1 is 1.11 bits per heavy atom. The predicted octanol–water partition coefficient (Wildman–Crippen LogP) is 4.78. The smallest absolute Gasteiger partial charge is 0.270 e. The van der Waals surface area contributed by atoms with E-state index in [1.54, 1.807) is 12.4 Å². The third-order valence-electron chi connectivity index (χ3n) is 4.93. The molecule has 0 fully saturated rings. The molecule has 0 spiro atoms. The van der Waals surface area contributed by atoms with Crippen LogP contribution in [-0.2, 0) is 6.54 Å². The highest BCUT2D eigenvalue weighted by Crippen LogP contribution is 2.24. The molecule has 140 valence electrons. The van der Waals surface area contributed by atoms with Gasteiger partial charge >= 0.3 is 0 Å². The number of pyridine rings is 1. The molecule has 1 aromatic carbocycles. The number of carbonyl (C=O) groups is 1. The van der Waals surface area contributed by atoms with Gasteiger partial charge in [0.25, 0.3) is 5.91 Å². The molecule has 4 heteroatoms. The number of nitrogens with zero attached hydrogens (tertiary/aromatic N) is 3. The molecule has 3 aromatic rings. The van der Waals surface area contributed by atoms with Crippen LogP contribution in [0.25, 0.3) is 11.1 Å². The van der Waals surface area contributed by atoms with E-state index >= 15 is 0 Å². The third-order valence-corrected chi connectivity index (χ3v) is 4.93. The zero-order valence-electron chi connectivity index (χ0n) is 16.4. The first-order chi connectivity index (χ1) is 13.1. The first-order valence-corrected chi connectivity index (χ1v) is 9.50. The highest BCUT2D eigenvalue weighted by Gasteiger charge is 2.18. The lowest BCUT2D eigenvalue weighted by Crippen LogP contribution is -2.29. The fourth-order valence-corrected chi connectivity index (χ4v) is 3.19. The summed E-state index contributed by atoms with van der Waals surface area (Å²) in [5.41, 5.74) is 5.29. The van der Waals surface area contributed by atoms with Crippen molar-refractivity contribution in [3.8, 4) is 11.1 Å². The van der Waals surface area contributed by atoms with Crippen molar-refractivity contribution in [1.82, 2.24) is 14.5 Å². The zero-order valence-corrected chi connectivity index (χ0v) is 16.4. The van der Waals surface area contributed by atoms with E-state index in [1.807, 2.05) is 42.3 Å². The molecule has 3 rings (SSSR count). The lowest BCUT2D eigenvalue weighted by Gasteiger charge is -2.18. The fraction of sp³-hybridized carbons (Fsp3) is 0.304. The maximum absolute atomic E-state index is 13.1. The maximum Gasteiger partial charge on any atom is 0.270 e. The highest BCUT2D eigenvalue weighted by atomic mass is 16.2. The second-order valence-corrected chi connectivity index (χ2v) is 6.98. The van der Waals surface area contributed by atoms with E-state index in [4.69, 9.17) is 0 Å². The van der Waals surface area contributed by atoms with Gasteiger partial charge in [-0.3, -0.25) is 9.78 Å². The number of amides is 1. The van der Waals surface area contributed by atoms with Gasteiger partial charge in [0.2, 0.25) is 0 Å². The topological polar surface area (TPSA) is 38.1 Å². The maximum atomic E-state index is 13.1. The van der Waals surface area contributed by atoms with Crippen LogP contribution < -0.4 is 0 Å². The third kappa shape index (κ3) is 4.45. The number of rotatable bonds is 7. The molecule has 0 aliphatic rings. The first-order valence-electron chi connectivity index (χ1n) is 9.50. The molecule has 0 aliphatic heterocycles. The van der Waals surface area contributed by atoms with Crippen LogP contribution in [0.5, 0.6) is 0 Å². The van der Waals surface area contributed by atoms with Crippen molar-refractivity contribution < 1.29 is 4.79 Å². The van der Waals surface area contributed by atoms with Crippen LogP contribution in [-0.4, -0.2) is 34.0 Å². The average Bonchev–Trinajstić information content (AvgIpc) is 3.11. The van der Waals surface area contributed by atoms with Crippen molar-refractivity contribution >= 4 is 5.91 Å². The molecule has 0 saturated heterocycles. The molecule has 0 atom stereocenters. The van der Waals surface area contributed by atoms with E-state index in [2.05, 4.69) is 41.7 Å². The Labute approximate surface area is 161 Å². The molecule has 0 bridgehead atoms. The minimum absolute atomic E-state index is 0.0670. The predicted molar refractivity (Wildman–Crippen MR) is 110 cm³/mol. The minimum atomic E-state index is 0.0670. The molecule has 0 unspecified atom stereocenters. The second kappa shape index (κ2) is 8.67. The van der Waals surface area contributed by atoms with Crippen molar-refractivity contribution in [3.63, 3.8) is 0 Å². The summed E-state index contributed by atoms with van der Waals surface area (Å²) >= 11 is 0. The average molecular weight is 361 g/mol. The zero-order chi connectivity index (χ0) is 19.2. The Kier molecular flexibility index (Phi) is 6.07. The number of carbonyl (C=O) groups excluding carboxylic acids is 1. The van der Waals surface area contributed by atoms with Crippen molar-refractivity contribution in [1.29, 1.82) is 0 Å². The van der Waals surface area contributed by atoms with Crippen LogP contribution in [0.15, 0.2) is 61.1 Å². The Balaban J connectivity index is 1.98. The minimum Gasteiger partial charge on any atom is -0.340 e. The number of aromatic nitrogens is 2. The normalized spacial score (nSPS) is 10.8. The molecule has 0 saturated carbocycles. The summed E-state index contributed by atoms with van der Waals surface area (Å²) in [5, 5.41) is 0. The Hall–Kier alpha value is -2.88. The van der Waals surface area contributed by atoms with E-state index in [1.165, 1.54) is 11.1 Å². The molecule has 2 heterocycles. The van der Waals surface area contributed by atoms with Gasteiger partial charge in [0.05, 0.1) is 0 Å². The van der Waals surface area contributed by atoms with Crippen LogP contribution in [0.2, 0.25) is 0 Å². The number of unbranched alkanes of at least 4 members (excludes halogenated alkanes) is 1. The highest BCUT2D eigenvalue weighted by molar-refractivity contribution is 5.94. The molecule has 27 heavy (non-hydrogen) atoms. The summed E-state index contributed by atoms with van der Waals surface area (Å²) < 4.78 is 2.07. The Bertz CT molecular complexity index is 899. The van der Waals surface area contributed by atoms with Crippen LogP contribution in [0.3, 0.4) is 0 Å². The molecule has 1 amide bonds. The van der Waals surface area contributed by atoms with E-state index in [0.717, 1.165) is 36.2 Å². The summed E-state index contributed by atoms with van der Waals surface area (Å²) in [4.78, 5) is 19.0. The largest absolute Gasteiger partial charge is 0.340 e. The molecule has 0 N–H and O–H groups in total. The van der Waals surface area contributed by atoms with Gasteiger partial charge in [-0.1, -0.05) is 37.6 Å². The summed E-state index contributed by atoms with van der Waals surface area (Å²) in [7, 11) is 1.88. The van der Waals surface area contributed by atoms with E-state index in [0.29, 0.717) is 6.54 Å². The molecular formula is C23H27N3O. The summed E-state index contributed by atoms with van der Waals surface area (Å²) in [6.45, 7) is 5.70. The van der Waals surface area contributed by atoms with Crippen LogP contribution in [0.1, 0.15) is 41.4 Å². The number of aryl methyl sites for hydroxylation is 1. The summed E-state index contributed by atoms with van der Waals surface area (Å²) in [6.07, 6.45) is 7.72. The fourth-order valence-electron chi connectivity index (χ4n) is 3.19. The van der Waals surface area contributed by atoms with Crippen molar-refractivity contribution in [2.75, 3.05) is 13.6 Å². The first kappa shape index (κ1) is 18.9. The van der Waals surface area contributed by atoms with Gasteiger partial charge in [0.1, 0.15) is 5.69 Å². The van der Waals surface area contributed by atoms with Gasteiger partial charge in [0.15, 0.2) is 0 Å². The van der Waals surface area contributed by atoms with Crippen molar-refractivity contribution in [2.45, 2.75) is 33.2 Å². The van der Waals surface area contributed by atoms with Gasteiger partial charge < -0.3 is 9.47 Å². The summed E-state index contributed by atoms with van der Waals surface area (Å²) in [6, 6.07) is 14.3. The van der Waals surface area contributed by atoms with Gasteiger partial charge in [0, 0.05) is 44.3 Å². The monoisotopic (exact) mass is 361 g/mol. The molecule has 0 aliphatic carbocycles. The Morgan fingerprint density at radius 2 is 1.85 bits per heavy atom. The van der Waals surface area contributed by atoms with Crippen LogP contribution in [0, 0.1) is 6.92 Å². The number of benzene rings is 1. The van der Waals surface area contributed by atoms with E-state index in [9.17, 15) is 4.79 Å². The molecule has 2 aromatic heterocycles. The second-order valence-electron chi connectivity index (χ2n) is 6.98. The van der Waals surface area contributed by atoms with Crippen LogP contribution in [0.4, 0.5) is 0 Å². The van der Waals surface area contributed by atoms with E-state index in [-0.39, 0.29) is 5.91 Å². The Morgan fingerprint density at radius 3 is 2.56 bits per heavy atom. The van der Waals surface area contributed by atoms with E-state index < -0.39 is 0 Å². The molecule has 4 nitrogen and oxygen atoms in total. The SMILES string of the molecule is CCCCN(C)C(=O)c1cc(-c2ccncc2)cn1Cc1ccccc1C. The lowest BCUT2D eigenvalue weighted by atomic mass is 10.1. The standard InChI is InChI=1S/C23H27N3O/c1-4-5-14-25(3)23(27)22-15-21(19-10-12-24-13-11-19)17-26(22)16-20-9-7-6-8-18(20)2/h6-13,15,17H,4-5,14,16H2,1-3H3. The summed E-state index contributed by atoms with van der Waals surface area (Å²) in [5.74, 6) is 0.0670. The van der Waals surface area contributed by atoms with Gasteiger partial charge in [-0.15, -0.1) is 0 Å². The van der Waals surface area contributed by atoms with Crippen molar-refractivity contribution in [2.24, 2.45) is 0 Å². The van der Waals surface area contributed by atoms with Gasteiger partial charge in [-0.05, 0) is 48.2 Å². The van der Waals surface area contributed by atoms with Crippen LogP contribution >= 0.6 is 0 Å². The van der Waals surface area contributed by atoms with Crippen molar-refractivity contribution in [3.05, 3.63) is 77.9 Å². The van der Waals surface area contributed by atoms with Gasteiger partial charge in [-0.2, -0.15) is 0 Å². The number of hydrogen-bond donors (Lipinski definition) is 0.